The predicted molar refractivity (Wildman–Crippen MR) is 59.0 cm³/mol. The second-order valence-electron chi connectivity index (χ2n) is 3.02. The van der Waals surface area contributed by atoms with Crippen LogP contribution in [0.15, 0.2) is 4.36 Å². The number of nitrogens with one attached hydrogen (secondary N) is 1. The molecule has 0 spiro atoms. The molecule has 0 unspecified atom stereocenters. The molecular weight excluding hydrogens is 200 g/mol. The Kier molecular flexibility index (Phi) is 3.15. The molecule has 0 amide bonds. The molecule has 0 saturated heterocycles. The average molecular weight is 216 g/mol. The lowest BCUT2D eigenvalue weighted by Gasteiger charge is -2.03. The van der Waals surface area contributed by atoms with Gasteiger partial charge in [0.2, 0.25) is 0 Å². The lowest BCUT2D eigenvalue weighted by Crippen LogP contribution is -2.05. The molecule has 1 aromatic rings. The molecule has 0 saturated carbocycles. The maximum atomic E-state index is 12.0. The van der Waals surface area contributed by atoms with Gasteiger partial charge in [0.15, 0.2) is 5.82 Å². The fourth-order valence-electron chi connectivity index (χ4n) is 1.06. The molecule has 3 N–H and O–H groups in total. The number of anilines is 1. The number of hydrogen-bond acceptors (Lipinski definition) is 4. The molecule has 14 heavy (non-hydrogen) atoms. The van der Waals surface area contributed by atoms with Gasteiger partial charge in [0.1, 0.15) is 5.69 Å². The number of aromatic nitrogens is 2. The van der Waals surface area contributed by atoms with Crippen molar-refractivity contribution in [3.05, 3.63) is 5.69 Å². The van der Waals surface area contributed by atoms with Crippen molar-refractivity contribution in [2.45, 2.75) is 20.8 Å². The van der Waals surface area contributed by atoms with Gasteiger partial charge in [-0.1, -0.05) is 13.8 Å². The van der Waals surface area contributed by atoms with Crippen LogP contribution in [-0.2, 0) is 9.73 Å². The van der Waals surface area contributed by atoms with Crippen LogP contribution in [0.5, 0.6) is 0 Å². The smallest absolute Gasteiger partial charge is 0.172 e. The van der Waals surface area contributed by atoms with E-state index in [-0.39, 0.29) is 0 Å². The summed E-state index contributed by atoms with van der Waals surface area (Å²) in [5, 5.41) is 6.52. The van der Waals surface area contributed by atoms with Crippen molar-refractivity contribution in [2.75, 3.05) is 17.2 Å². The van der Waals surface area contributed by atoms with Crippen LogP contribution in [0.1, 0.15) is 19.5 Å². The quantitative estimate of drug-likeness (QED) is 0.801. The van der Waals surface area contributed by atoms with Crippen molar-refractivity contribution in [3.63, 3.8) is 0 Å². The fraction of sp³-hybridized carbons (Fsp3) is 0.625. The van der Waals surface area contributed by atoms with Gasteiger partial charge in [-0.15, -0.1) is 0 Å². The molecule has 1 rings (SSSR count). The highest BCUT2D eigenvalue weighted by atomic mass is 32.2. The molecule has 0 aliphatic heterocycles. The van der Waals surface area contributed by atoms with E-state index in [9.17, 15) is 4.21 Å². The Balaban J connectivity index is 3.26. The topological polar surface area (TPSA) is 84.1 Å². The van der Waals surface area contributed by atoms with Crippen LogP contribution in [0, 0.1) is 6.92 Å². The normalized spacial score (nSPS) is 11.6. The van der Waals surface area contributed by atoms with E-state index in [2.05, 4.69) is 14.6 Å². The van der Waals surface area contributed by atoms with Crippen molar-refractivity contribution in [1.82, 2.24) is 10.2 Å². The Morgan fingerprint density at radius 1 is 1.50 bits per heavy atom. The van der Waals surface area contributed by atoms with E-state index in [1.807, 2.05) is 20.8 Å². The van der Waals surface area contributed by atoms with Gasteiger partial charge in [0, 0.05) is 11.5 Å². The molecule has 1 aromatic heterocycles. The first-order chi connectivity index (χ1) is 6.52. The molecule has 0 aliphatic rings. The van der Waals surface area contributed by atoms with Gasteiger partial charge in [0.25, 0.3) is 0 Å². The van der Waals surface area contributed by atoms with Crippen LogP contribution in [0.4, 0.5) is 11.5 Å². The molecule has 0 aromatic carbocycles. The van der Waals surface area contributed by atoms with Gasteiger partial charge in [-0.3, -0.25) is 5.10 Å². The van der Waals surface area contributed by atoms with Crippen molar-refractivity contribution in [1.29, 1.82) is 0 Å². The number of nitrogens with two attached hydrogens (primary N) is 1. The standard InChI is InChI=1S/C8H16N4OS/c1-4-14(13,5-2)12-7-6(3)10-11-8(7)9/h4-5H2,1-3H3,(H3,9,10,11). The summed E-state index contributed by atoms with van der Waals surface area (Å²) in [5.41, 5.74) is 6.90. The predicted octanol–water partition coefficient (Wildman–Crippen LogP) is 1.44. The van der Waals surface area contributed by atoms with Crippen LogP contribution in [0.2, 0.25) is 0 Å². The van der Waals surface area contributed by atoms with E-state index in [0.29, 0.717) is 23.0 Å². The second-order valence-corrected chi connectivity index (χ2v) is 5.91. The molecule has 5 nitrogen and oxygen atoms in total. The number of aryl methyl sites for hydroxylation is 1. The molecular formula is C8H16N4OS. The lowest BCUT2D eigenvalue weighted by atomic mass is 10.4. The zero-order valence-electron chi connectivity index (χ0n) is 8.70. The Morgan fingerprint density at radius 3 is 2.43 bits per heavy atom. The number of rotatable bonds is 3. The van der Waals surface area contributed by atoms with Crippen LogP contribution in [0.3, 0.4) is 0 Å². The molecule has 80 valence electrons. The average Bonchev–Trinajstić information content (AvgIpc) is 2.49. The number of hydrogen-bond donors (Lipinski definition) is 2. The summed E-state index contributed by atoms with van der Waals surface area (Å²) in [7, 11) is -2.15. The minimum absolute atomic E-state index is 0.317. The van der Waals surface area contributed by atoms with E-state index in [1.165, 1.54) is 0 Å². The summed E-state index contributed by atoms with van der Waals surface area (Å²) in [6.45, 7) is 5.54. The highest BCUT2D eigenvalue weighted by Crippen LogP contribution is 2.25. The third-order valence-corrected chi connectivity index (χ3v) is 4.42. The van der Waals surface area contributed by atoms with Gasteiger partial charge >= 0.3 is 0 Å². The first kappa shape index (κ1) is 11.0. The van der Waals surface area contributed by atoms with Gasteiger partial charge in [0.05, 0.1) is 15.4 Å². The van der Waals surface area contributed by atoms with E-state index in [4.69, 9.17) is 5.73 Å². The molecule has 6 heteroatoms. The largest absolute Gasteiger partial charge is 0.380 e. The molecule has 0 fully saturated rings. The molecule has 1 heterocycles. The Bertz CT molecular complexity index is 399. The number of aromatic amines is 1. The molecule has 0 atom stereocenters. The monoisotopic (exact) mass is 216 g/mol. The first-order valence-electron chi connectivity index (χ1n) is 4.55. The van der Waals surface area contributed by atoms with E-state index in [0.717, 1.165) is 5.69 Å². The third-order valence-electron chi connectivity index (χ3n) is 2.10. The fourth-order valence-corrected chi connectivity index (χ4v) is 2.29. The maximum absolute atomic E-state index is 12.0. The molecule has 0 bridgehead atoms. The van der Waals surface area contributed by atoms with Crippen LogP contribution >= 0.6 is 0 Å². The SMILES string of the molecule is CCS(=O)(CC)=Nc1c(N)n[nH]c1C. The minimum Gasteiger partial charge on any atom is -0.380 e. The van der Waals surface area contributed by atoms with E-state index < -0.39 is 9.73 Å². The van der Waals surface area contributed by atoms with Gasteiger partial charge in [-0.2, -0.15) is 9.46 Å². The van der Waals surface area contributed by atoms with Gasteiger partial charge in [-0.25, -0.2) is 4.21 Å². The van der Waals surface area contributed by atoms with Crippen LogP contribution < -0.4 is 5.73 Å². The summed E-state index contributed by atoms with van der Waals surface area (Å²) in [6.07, 6.45) is 0. The van der Waals surface area contributed by atoms with Crippen LogP contribution in [-0.4, -0.2) is 25.9 Å². The van der Waals surface area contributed by atoms with Gasteiger partial charge in [-0.05, 0) is 6.92 Å². The summed E-state index contributed by atoms with van der Waals surface area (Å²) < 4.78 is 16.2. The number of H-pyrrole nitrogens is 1. The summed E-state index contributed by atoms with van der Waals surface area (Å²) in [6, 6.07) is 0. The van der Waals surface area contributed by atoms with E-state index >= 15 is 0 Å². The number of nitrogens with zero attached hydrogens (tertiary/aromatic N) is 2. The second kappa shape index (κ2) is 4.00. The zero-order valence-corrected chi connectivity index (χ0v) is 9.52. The highest BCUT2D eigenvalue weighted by Gasteiger charge is 2.10. The van der Waals surface area contributed by atoms with Crippen molar-refractivity contribution in [3.8, 4) is 0 Å². The summed E-state index contributed by atoms with van der Waals surface area (Å²) >= 11 is 0. The lowest BCUT2D eigenvalue weighted by molar-refractivity contribution is 0.678. The minimum atomic E-state index is -2.15. The number of nitrogen functional groups attached to an aromatic ring is 1. The summed E-state index contributed by atoms with van der Waals surface area (Å²) in [5.74, 6) is 1.39. The Morgan fingerprint density at radius 2 is 2.07 bits per heavy atom. The van der Waals surface area contributed by atoms with E-state index in [1.54, 1.807) is 0 Å². The first-order valence-corrected chi connectivity index (χ1v) is 6.40. The third kappa shape index (κ3) is 2.06. The van der Waals surface area contributed by atoms with Gasteiger partial charge < -0.3 is 5.73 Å². The highest BCUT2D eigenvalue weighted by molar-refractivity contribution is 7.93. The van der Waals surface area contributed by atoms with Crippen molar-refractivity contribution >= 4 is 21.2 Å². The van der Waals surface area contributed by atoms with Crippen molar-refractivity contribution in [2.24, 2.45) is 4.36 Å². The Hall–Kier alpha value is -1.04. The zero-order chi connectivity index (χ0) is 10.8. The van der Waals surface area contributed by atoms with Crippen LogP contribution in [0.25, 0.3) is 0 Å². The maximum Gasteiger partial charge on any atom is 0.172 e. The Labute approximate surface area is 84.3 Å². The van der Waals surface area contributed by atoms with Crippen molar-refractivity contribution < 1.29 is 4.21 Å². The molecule has 0 radical (unpaired) electrons. The molecule has 0 aliphatic carbocycles. The summed E-state index contributed by atoms with van der Waals surface area (Å²) in [4.78, 5) is 0.